The summed E-state index contributed by atoms with van der Waals surface area (Å²) < 4.78 is 0. The van der Waals surface area contributed by atoms with E-state index in [-0.39, 0.29) is 0 Å². The largest absolute Gasteiger partial charge is 0.387 e. The minimum Gasteiger partial charge on any atom is -0.387 e. The molecule has 2 heterocycles. The maximum Gasteiger partial charge on any atom is 0.133 e. The van der Waals surface area contributed by atoms with Crippen LogP contribution in [0.25, 0.3) is 0 Å². The van der Waals surface area contributed by atoms with Gasteiger partial charge in [0.2, 0.25) is 0 Å². The molecule has 0 unspecified atom stereocenters. The Balaban J connectivity index is 2.07. The molecule has 1 aliphatic heterocycles. The molecule has 1 saturated heterocycles. The van der Waals surface area contributed by atoms with Crippen molar-refractivity contribution in [3.63, 3.8) is 0 Å². The Labute approximate surface area is 114 Å². The fraction of sp³-hybridized carbons (Fsp3) is 0.714. The van der Waals surface area contributed by atoms with E-state index in [0.717, 1.165) is 36.6 Å². The van der Waals surface area contributed by atoms with Crippen molar-refractivity contribution < 1.29 is 5.11 Å². The Morgan fingerprint density at radius 3 is 2.95 bits per heavy atom. The molecular weight excluding hydrogens is 240 g/mol. The van der Waals surface area contributed by atoms with Crippen molar-refractivity contribution in [3.05, 3.63) is 17.6 Å². The number of piperidine rings is 1. The molecule has 1 aromatic rings. The van der Waals surface area contributed by atoms with Crippen molar-refractivity contribution in [3.8, 4) is 0 Å². The minimum atomic E-state index is -0.675. The van der Waals surface area contributed by atoms with E-state index in [0.29, 0.717) is 19.0 Å². The van der Waals surface area contributed by atoms with Crippen LogP contribution in [0.15, 0.2) is 6.20 Å². The smallest absolute Gasteiger partial charge is 0.133 e. The van der Waals surface area contributed by atoms with Gasteiger partial charge in [0.1, 0.15) is 11.6 Å². The fourth-order valence-corrected chi connectivity index (χ4v) is 2.39. The first kappa shape index (κ1) is 14.2. The van der Waals surface area contributed by atoms with Gasteiger partial charge in [0.25, 0.3) is 0 Å². The first-order valence-electron chi connectivity index (χ1n) is 7.01. The Morgan fingerprint density at radius 2 is 2.32 bits per heavy atom. The van der Waals surface area contributed by atoms with Gasteiger partial charge in [-0.3, -0.25) is 0 Å². The van der Waals surface area contributed by atoms with Crippen LogP contribution in [0.1, 0.15) is 44.0 Å². The van der Waals surface area contributed by atoms with Crippen LogP contribution in [0.3, 0.4) is 0 Å². The molecule has 1 aliphatic rings. The zero-order chi connectivity index (χ0) is 13.9. The lowest BCUT2D eigenvalue weighted by Gasteiger charge is -2.33. The Morgan fingerprint density at radius 1 is 1.53 bits per heavy atom. The highest BCUT2D eigenvalue weighted by Gasteiger charge is 2.29. The molecule has 0 spiro atoms. The first-order chi connectivity index (χ1) is 9.00. The van der Waals surface area contributed by atoms with Crippen LogP contribution in [0.4, 0.5) is 5.82 Å². The molecule has 1 aromatic heterocycles. The molecule has 5 nitrogen and oxygen atoms in total. The SMILES string of the molecule is Cc1ncc(C(C)C)c(NC[C@@]2(O)CCCNC2)n1. The van der Waals surface area contributed by atoms with Gasteiger partial charge in [0, 0.05) is 24.8 Å². The summed E-state index contributed by atoms with van der Waals surface area (Å²) in [4.78, 5) is 8.70. The fourth-order valence-electron chi connectivity index (χ4n) is 2.39. The van der Waals surface area contributed by atoms with Crippen LogP contribution in [0.2, 0.25) is 0 Å². The molecule has 19 heavy (non-hydrogen) atoms. The van der Waals surface area contributed by atoms with Gasteiger partial charge in [-0.15, -0.1) is 0 Å². The highest BCUT2D eigenvalue weighted by atomic mass is 16.3. The number of rotatable bonds is 4. The van der Waals surface area contributed by atoms with E-state index < -0.39 is 5.60 Å². The summed E-state index contributed by atoms with van der Waals surface area (Å²) in [5.41, 5.74) is 0.420. The molecule has 1 fully saturated rings. The van der Waals surface area contributed by atoms with E-state index >= 15 is 0 Å². The summed E-state index contributed by atoms with van der Waals surface area (Å²) in [6.07, 6.45) is 3.71. The van der Waals surface area contributed by atoms with Crippen LogP contribution in [0.5, 0.6) is 0 Å². The highest BCUT2D eigenvalue weighted by molar-refractivity contribution is 5.45. The third-order valence-corrected chi connectivity index (χ3v) is 3.59. The van der Waals surface area contributed by atoms with Crippen molar-refractivity contribution in [2.24, 2.45) is 0 Å². The molecule has 0 radical (unpaired) electrons. The minimum absolute atomic E-state index is 0.363. The van der Waals surface area contributed by atoms with Crippen molar-refractivity contribution in [2.45, 2.75) is 45.1 Å². The predicted octanol–water partition coefficient (Wildman–Crippen LogP) is 1.43. The van der Waals surface area contributed by atoms with Gasteiger partial charge in [-0.05, 0) is 32.2 Å². The van der Waals surface area contributed by atoms with Gasteiger partial charge in [-0.1, -0.05) is 13.8 Å². The van der Waals surface area contributed by atoms with E-state index in [1.165, 1.54) is 0 Å². The number of aromatic nitrogens is 2. The van der Waals surface area contributed by atoms with Gasteiger partial charge in [0.15, 0.2) is 0 Å². The van der Waals surface area contributed by atoms with Crippen LogP contribution < -0.4 is 10.6 Å². The van der Waals surface area contributed by atoms with E-state index in [1.807, 2.05) is 13.1 Å². The number of hydrogen-bond acceptors (Lipinski definition) is 5. The van der Waals surface area contributed by atoms with Gasteiger partial charge >= 0.3 is 0 Å². The number of anilines is 1. The van der Waals surface area contributed by atoms with Crippen molar-refractivity contribution in [1.29, 1.82) is 0 Å². The standard InChI is InChI=1S/C14H24N4O/c1-10(2)12-7-16-11(3)18-13(12)17-9-14(19)5-4-6-15-8-14/h7,10,15,19H,4-6,8-9H2,1-3H3,(H,16,17,18)/t14-/m1/s1. The van der Waals surface area contributed by atoms with E-state index in [2.05, 4.69) is 34.4 Å². The molecule has 106 valence electrons. The lowest BCUT2D eigenvalue weighted by Crippen LogP contribution is -2.50. The maximum atomic E-state index is 10.5. The third-order valence-electron chi connectivity index (χ3n) is 3.59. The molecule has 2 rings (SSSR count). The number of nitrogens with one attached hydrogen (secondary N) is 2. The summed E-state index contributed by atoms with van der Waals surface area (Å²) in [6, 6.07) is 0. The molecule has 0 amide bonds. The lowest BCUT2D eigenvalue weighted by molar-refractivity contribution is 0.0291. The van der Waals surface area contributed by atoms with Gasteiger partial charge in [-0.25, -0.2) is 9.97 Å². The highest BCUT2D eigenvalue weighted by Crippen LogP contribution is 2.23. The number of nitrogens with zero attached hydrogens (tertiary/aromatic N) is 2. The summed E-state index contributed by atoms with van der Waals surface area (Å²) >= 11 is 0. The van der Waals surface area contributed by atoms with Crippen LogP contribution in [-0.2, 0) is 0 Å². The lowest BCUT2D eigenvalue weighted by atomic mass is 9.94. The quantitative estimate of drug-likeness (QED) is 0.767. The second kappa shape index (κ2) is 5.84. The maximum absolute atomic E-state index is 10.5. The topological polar surface area (TPSA) is 70.1 Å². The number of aryl methyl sites for hydroxylation is 1. The molecule has 3 N–H and O–H groups in total. The second-order valence-corrected chi connectivity index (χ2v) is 5.73. The summed E-state index contributed by atoms with van der Waals surface area (Å²) in [5.74, 6) is 1.96. The monoisotopic (exact) mass is 264 g/mol. The van der Waals surface area contributed by atoms with Crippen molar-refractivity contribution in [1.82, 2.24) is 15.3 Å². The normalized spacial score (nSPS) is 23.6. The molecule has 0 aromatic carbocycles. The number of β-amino-alcohol motifs (C(OH)–C–C–N with tert-alkyl or cyclic N) is 1. The Bertz CT molecular complexity index is 427. The molecule has 0 aliphatic carbocycles. The molecule has 0 saturated carbocycles. The van der Waals surface area contributed by atoms with Crippen molar-refractivity contribution >= 4 is 5.82 Å². The molecular formula is C14H24N4O. The number of hydrogen-bond donors (Lipinski definition) is 3. The Hall–Kier alpha value is -1.20. The molecule has 0 bridgehead atoms. The summed E-state index contributed by atoms with van der Waals surface area (Å²) in [6.45, 7) is 8.28. The summed E-state index contributed by atoms with van der Waals surface area (Å²) in [7, 11) is 0. The molecule has 1 atom stereocenters. The van der Waals surface area contributed by atoms with Crippen LogP contribution in [-0.4, -0.2) is 40.3 Å². The van der Waals surface area contributed by atoms with Gasteiger partial charge < -0.3 is 15.7 Å². The predicted molar refractivity (Wildman–Crippen MR) is 76.4 cm³/mol. The third kappa shape index (κ3) is 3.64. The summed E-state index contributed by atoms with van der Waals surface area (Å²) in [5, 5.41) is 17.0. The Kier molecular flexibility index (Phi) is 4.37. The zero-order valence-corrected chi connectivity index (χ0v) is 12.0. The average Bonchev–Trinajstić information content (AvgIpc) is 2.37. The van der Waals surface area contributed by atoms with E-state index in [9.17, 15) is 5.11 Å². The number of aliphatic hydroxyl groups is 1. The van der Waals surface area contributed by atoms with E-state index in [1.54, 1.807) is 0 Å². The van der Waals surface area contributed by atoms with Crippen LogP contribution in [0, 0.1) is 6.92 Å². The second-order valence-electron chi connectivity index (χ2n) is 5.73. The zero-order valence-electron chi connectivity index (χ0n) is 12.0. The average molecular weight is 264 g/mol. The van der Waals surface area contributed by atoms with E-state index in [4.69, 9.17) is 0 Å². The van der Waals surface area contributed by atoms with Gasteiger partial charge in [-0.2, -0.15) is 0 Å². The van der Waals surface area contributed by atoms with Crippen LogP contribution >= 0.6 is 0 Å². The first-order valence-corrected chi connectivity index (χ1v) is 7.01. The van der Waals surface area contributed by atoms with Gasteiger partial charge in [0.05, 0.1) is 5.60 Å². The van der Waals surface area contributed by atoms with Crippen molar-refractivity contribution in [2.75, 3.05) is 25.0 Å². The molecule has 5 heteroatoms.